The van der Waals surface area contributed by atoms with Crippen LogP contribution < -0.4 is 5.32 Å². The van der Waals surface area contributed by atoms with Crippen LogP contribution in [0.4, 0.5) is 0 Å². The summed E-state index contributed by atoms with van der Waals surface area (Å²) < 4.78 is 5.51. The van der Waals surface area contributed by atoms with Crippen molar-refractivity contribution in [3.8, 4) is 22.7 Å². The number of ether oxygens (including phenoxy) is 1. The van der Waals surface area contributed by atoms with Crippen molar-refractivity contribution in [2.24, 2.45) is 0 Å². The summed E-state index contributed by atoms with van der Waals surface area (Å²) in [4.78, 5) is 23.3. The summed E-state index contributed by atoms with van der Waals surface area (Å²) in [6.45, 7) is 1.08. The standard InChI is InChI=1S/C15H16N4O2S/c20-14(18-6-3-5-11-4-1-2-9-21-11)12-10-22-15(19-12)13-16-7-8-17-13/h7-8,10-11H,1-2,4,6,9H2,(H,16,17)(H,18,20). The predicted molar refractivity (Wildman–Crippen MR) is 83.4 cm³/mol. The molecule has 2 aromatic heterocycles. The van der Waals surface area contributed by atoms with E-state index in [0.29, 0.717) is 23.1 Å². The summed E-state index contributed by atoms with van der Waals surface area (Å²) in [5.74, 6) is 6.41. The van der Waals surface area contributed by atoms with Gasteiger partial charge in [-0.2, -0.15) is 0 Å². The van der Waals surface area contributed by atoms with Crippen LogP contribution in [-0.4, -0.2) is 40.1 Å². The number of aromatic nitrogens is 3. The average molecular weight is 316 g/mol. The first-order valence-electron chi connectivity index (χ1n) is 7.16. The van der Waals surface area contributed by atoms with Crippen LogP contribution in [0.3, 0.4) is 0 Å². The first kappa shape index (κ1) is 14.8. The highest BCUT2D eigenvalue weighted by Crippen LogP contribution is 2.19. The Balaban J connectivity index is 1.51. The molecule has 22 heavy (non-hydrogen) atoms. The Hall–Kier alpha value is -2.17. The lowest BCUT2D eigenvalue weighted by Crippen LogP contribution is -2.24. The molecule has 0 bridgehead atoms. The van der Waals surface area contributed by atoms with Crippen molar-refractivity contribution < 1.29 is 9.53 Å². The fourth-order valence-electron chi connectivity index (χ4n) is 2.10. The maximum absolute atomic E-state index is 12.0. The Morgan fingerprint density at radius 1 is 1.55 bits per heavy atom. The van der Waals surface area contributed by atoms with Gasteiger partial charge in [0.15, 0.2) is 10.8 Å². The molecule has 114 valence electrons. The maximum atomic E-state index is 12.0. The van der Waals surface area contributed by atoms with Crippen LogP contribution in [0.1, 0.15) is 29.8 Å². The Morgan fingerprint density at radius 2 is 2.50 bits per heavy atom. The molecule has 1 aliphatic heterocycles. The highest BCUT2D eigenvalue weighted by molar-refractivity contribution is 7.13. The second-order valence-electron chi connectivity index (χ2n) is 4.83. The zero-order chi connectivity index (χ0) is 15.2. The third-order valence-electron chi connectivity index (χ3n) is 3.22. The van der Waals surface area contributed by atoms with Gasteiger partial charge in [0, 0.05) is 24.4 Å². The van der Waals surface area contributed by atoms with E-state index >= 15 is 0 Å². The van der Waals surface area contributed by atoms with Crippen molar-refractivity contribution in [3.05, 3.63) is 23.5 Å². The molecule has 1 aliphatic rings. The number of carbonyl (C=O) groups is 1. The summed E-state index contributed by atoms with van der Waals surface area (Å²) >= 11 is 1.38. The second kappa shape index (κ2) is 7.20. The van der Waals surface area contributed by atoms with Gasteiger partial charge >= 0.3 is 0 Å². The molecule has 0 radical (unpaired) electrons. The number of nitrogens with zero attached hydrogens (tertiary/aromatic N) is 2. The molecule has 1 fully saturated rings. The first-order chi connectivity index (χ1) is 10.8. The number of imidazole rings is 1. The summed E-state index contributed by atoms with van der Waals surface area (Å²) in [6, 6.07) is 0. The van der Waals surface area contributed by atoms with Gasteiger partial charge < -0.3 is 15.0 Å². The zero-order valence-electron chi connectivity index (χ0n) is 12.0. The Morgan fingerprint density at radius 3 is 3.27 bits per heavy atom. The molecule has 1 amide bonds. The van der Waals surface area contributed by atoms with Crippen molar-refractivity contribution in [1.29, 1.82) is 0 Å². The van der Waals surface area contributed by atoms with Crippen LogP contribution in [-0.2, 0) is 4.74 Å². The SMILES string of the molecule is O=C(NCC#CC1CCCCO1)c1csc(-c2ncc[nH]2)n1. The van der Waals surface area contributed by atoms with Gasteiger partial charge in [-0.05, 0) is 19.3 Å². The summed E-state index contributed by atoms with van der Waals surface area (Å²) in [6.07, 6.45) is 6.62. The lowest BCUT2D eigenvalue weighted by Gasteiger charge is -2.17. The predicted octanol–water partition coefficient (Wildman–Crippen LogP) is 1.84. The monoisotopic (exact) mass is 316 g/mol. The number of rotatable bonds is 3. The molecule has 2 N–H and O–H groups in total. The fraction of sp³-hybridized carbons (Fsp3) is 0.400. The largest absolute Gasteiger partial charge is 0.366 e. The van der Waals surface area contributed by atoms with Crippen LogP contribution in [0.25, 0.3) is 10.8 Å². The van der Waals surface area contributed by atoms with Gasteiger partial charge in [-0.15, -0.1) is 11.3 Å². The molecule has 0 aliphatic carbocycles. The van der Waals surface area contributed by atoms with Gasteiger partial charge in [0.1, 0.15) is 11.8 Å². The highest BCUT2D eigenvalue weighted by atomic mass is 32.1. The van der Waals surface area contributed by atoms with Crippen molar-refractivity contribution in [3.63, 3.8) is 0 Å². The Bertz CT molecular complexity index is 678. The fourth-order valence-corrected chi connectivity index (χ4v) is 2.86. The quantitative estimate of drug-likeness (QED) is 0.847. The number of hydrogen-bond donors (Lipinski definition) is 2. The van der Waals surface area contributed by atoms with Crippen molar-refractivity contribution in [2.75, 3.05) is 13.2 Å². The minimum absolute atomic E-state index is 0.00970. The lowest BCUT2D eigenvalue weighted by molar-refractivity contribution is 0.0525. The average Bonchev–Trinajstić information content (AvgIpc) is 3.22. The van der Waals surface area contributed by atoms with Crippen molar-refractivity contribution in [1.82, 2.24) is 20.3 Å². The number of thiazole rings is 1. The van der Waals surface area contributed by atoms with Gasteiger partial charge in [0.05, 0.1) is 6.54 Å². The van der Waals surface area contributed by atoms with E-state index in [2.05, 4.69) is 32.1 Å². The molecule has 1 atom stereocenters. The third kappa shape index (κ3) is 3.72. The van der Waals surface area contributed by atoms with Crippen LogP contribution in [0.15, 0.2) is 17.8 Å². The Kier molecular flexibility index (Phi) is 4.83. The smallest absolute Gasteiger partial charge is 0.271 e. The second-order valence-corrected chi connectivity index (χ2v) is 5.69. The zero-order valence-corrected chi connectivity index (χ0v) is 12.8. The van der Waals surface area contributed by atoms with E-state index in [-0.39, 0.29) is 12.0 Å². The topological polar surface area (TPSA) is 79.9 Å². The van der Waals surface area contributed by atoms with E-state index < -0.39 is 0 Å². The van der Waals surface area contributed by atoms with E-state index in [0.717, 1.165) is 25.9 Å². The number of hydrogen-bond acceptors (Lipinski definition) is 5. The third-order valence-corrected chi connectivity index (χ3v) is 4.07. The van der Waals surface area contributed by atoms with E-state index in [1.807, 2.05) is 0 Å². The normalized spacial score (nSPS) is 17.5. The summed E-state index contributed by atoms with van der Waals surface area (Å²) in [5.41, 5.74) is 0.382. The van der Waals surface area contributed by atoms with Gasteiger partial charge in [0.2, 0.25) is 0 Å². The molecule has 0 spiro atoms. The minimum atomic E-state index is -0.229. The maximum Gasteiger partial charge on any atom is 0.271 e. The number of carbonyl (C=O) groups excluding carboxylic acids is 1. The molecule has 0 aromatic carbocycles. The summed E-state index contributed by atoms with van der Waals surface area (Å²) in [7, 11) is 0. The number of aromatic amines is 1. The molecule has 6 nitrogen and oxygen atoms in total. The molecule has 2 aromatic rings. The van der Waals surface area contributed by atoms with Gasteiger partial charge in [-0.1, -0.05) is 11.8 Å². The van der Waals surface area contributed by atoms with Crippen LogP contribution in [0, 0.1) is 11.8 Å². The molecule has 7 heteroatoms. The van der Waals surface area contributed by atoms with E-state index in [1.165, 1.54) is 11.3 Å². The lowest BCUT2D eigenvalue weighted by atomic mass is 10.1. The van der Waals surface area contributed by atoms with Crippen LogP contribution >= 0.6 is 11.3 Å². The molecule has 1 saturated heterocycles. The van der Waals surface area contributed by atoms with E-state index in [4.69, 9.17) is 4.74 Å². The van der Waals surface area contributed by atoms with E-state index in [9.17, 15) is 4.79 Å². The molecule has 1 unspecified atom stereocenters. The van der Waals surface area contributed by atoms with Crippen LogP contribution in [0.2, 0.25) is 0 Å². The number of amides is 1. The molecule has 3 heterocycles. The summed E-state index contributed by atoms with van der Waals surface area (Å²) in [5, 5.41) is 5.15. The number of nitrogens with one attached hydrogen (secondary N) is 2. The first-order valence-corrected chi connectivity index (χ1v) is 8.04. The van der Waals surface area contributed by atoms with Crippen molar-refractivity contribution in [2.45, 2.75) is 25.4 Å². The van der Waals surface area contributed by atoms with E-state index in [1.54, 1.807) is 17.8 Å². The minimum Gasteiger partial charge on any atom is -0.366 e. The Labute approximate surface area is 132 Å². The number of H-pyrrole nitrogens is 1. The molecular weight excluding hydrogens is 300 g/mol. The van der Waals surface area contributed by atoms with Crippen LogP contribution in [0.5, 0.6) is 0 Å². The molecule has 0 saturated carbocycles. The molecular formula is C15H16N4O2S. The van der Waals surface area contributed by atoms with Gasteiger partial charge in [-0.25, -0.2) is 9.97 Å². The van der Waals surface area contributed by atoms with Gasteiger partial charge in [0.25, 0.3) is 5.91 Å². The molecule has 3 rings (SSSR count). The van der Waals surface area contributed by atoms with Crippen molar-refractivity contribution >= 4 is 17.2 Å². The highest BCUT2D eigenvalue weighted by Gasteiger charge is 2.12. The van der Waals surface area contributed by atoms with Gasteiger partial charge in [-0.3, -0.25) is 4.79 Å².